The van der Waals surface area contributed by atoms with Crippen LogP contribution in [0.4, 0.5) is 0 Å². The number of hydrogen-bond donors (Lipinski definition) is 4. The summed E-state index contributed by atoms with van der Waals surface area (Å²) < 4.78 is 0. The summed E-state index contributed by atoms with van der Waals surface area (Å²) in [6.07, 6.45) is 1.15. The third kappa shape index (κ3) is 4.58. The van der Waals surface area contributed by atoms with Crippen molar-refractivity contribution in [3.63, 3.8) is 0 Å². The van der Waals surface area contributed by atoms with Crippen molar-refractivity contribution in [1.82, 2.24) is 4.90 Å². The van der Waals surface area contributed by atoms with E-state index in [4.69, 9.17) is 5.73 Å². The van der Waals surface area contributed by atoms with Crippen LogP contribution < -0.4 is 5.73 Å². The summed E-state index contributed by atoms with van der Waals surface area (Å²) in [5, 5.41) is 31.2. The minimum absolute atomic E-state index is 0.0350. The number of fused-ring (bicyclic) bond motifs is 2. The molecule has 1 amide bonds. The fourth-order valence-electron chi connectivity index (χ4n) is 5.42. The van der Waals surface area contributed by atoms with Crippen molar-refractivity contribution in [1.29, 1.82) is 0 Å². The topological polar surface area (TPSA) is 158 Å². The molecular formula is C24H32N2O7. The predicted octanol–water partition coefficient (Wildman–Crippen LogP) is 0.00460. The molecule has 1 aromatic carbocycles. The molecule has 0 radical (unpaired) electrons. The molecule has 9 nitrogen and oxygen atoms in total. The van der Waals surface area contributed by atoms with Gasteiger partial charge in [0.2, 0.25) is 5.91 Å². The molecule has 2 aliphatic rings. The Morgan fingerprint density at radius 2 is 1.94 bits per heavy atom. The van der Waals surface area contributed by atoms with Gasteiger partial charge in [0.15, 0.2) is 23.0 Å². The van der Waals surface area contributed by atoms with Gasteiger partial charge in [-0.1, -0.05) is 6.07 Å². The number of aryl methyl sites for hydroxylation is 1. The molecule has 33 heavy (non-hydrogen) atoms. The minimum Gasteiger partial charge on any atom is -0.507 e. The number of nitrogens with two attached hydrogens (primary N) is 1. The predicted molar refractivity (Wildman–Crippen MR) is 119 cm³/mol. The lowest BCUT2D eigenvalue weighted by atomic mass is 9.57. The third-order valence-corrected chi connectivity index (χ3v) is 6.98. The molecule has 1 fully saturated rings. The van der Waals surface area contributed by atoms with E-state index in [1.807, 2.05) is 14.1 Å². The maximum absolute atomic E-state index is 13.5. The number of amides is 1. The Bertz CT molecular complexity index is 974. The molecule has 0 bridgehead atoms. The van der Waals surface area contributed by atoms with Crippen molar-refractivity contribution in [2.45, 2.75) is 44.1 Å². The van der Waals surface area contributed by atoms with Crippen LogP contribution in [0.15, 0.2) is 12.1 Å². The van der Waals surface area contributed by atoms with Crippen molar-refractivity contribution >= 4 is 23.3 Å². The first-order chi connectivity index (χ1) is 15.5. The summed E-state index contributed by atoms with van der Waals surface area (Å²) >= 11 is 0. The summed E-state index contributed by atoms with van der Waals surface area (Å²) in [5.74, 6) is -6.61. The van der Waals surface area contributed by atoms with Crippen LogP contribution in [0, 0.1) is 17.8 Å². The fraction of sp³-hybridized carbons (Fsp3) is 0.583. The van der Waals surface area contributed by atoms with Gasteiger partial charge < -0.3 is 26.0 Å². The molecular weight excluding hydrogens is 428 g/mol. The number of Topliss-reactive ketones (excluding diaryl/α,β-unsaturated/α-hetero) is 3. The van der Waals surface area contributed by atoms with Gasteiger partial charge in [0.25, 0.3) is 0 Å². The Balaban J connectivity index is 2.01. The van der Waals surface area contributed by atoms with Crippen molar-refractivity contribution in [3.8, 4) is 5.75 Å². The smallest absolute Gasteiger partial charge is 0.225 e. The maximum Gasteiger partial charge on any atom is 0.225 e. The lowest BCUT2D eigenvalue weighted by molar-refractivity contribution is -0.167. The monoisotopic (exact) mass is 460 g/mol. The highest BCUT2D eigenvalue weighted by molar-refractivity contribution is 6.24. The second-order valence-electron chi connectivity index (χ2n) is 9.45. The van der Waals surface area contributed by atoms with Crippen LogP contribution in [0.3, 0.4) is 0 Å². The van der Waals surface area contributed by atoms with E-state index < -0.39 is 53.0 Å². The van der Waals surface area contributed by atoms with Gasteiger partial charge in [-0.15, -0.1) is 0 Å². The number of nitrogens with zero attached hydrogens (tertiary/aromatic N) is 1. The van der Waals surface area contributed by atoms with Crippen LogP contribution in [0.1, 0.15) is 47.2 Å². The molecule has 0 spiro atoms. The number of aliphatic hydroxyl groups is 2. The number of ketones is 3. The van der Waals surface area contributed by atoms with Crippen LogP contribution >= 0.6 is 0 Å². The van der Waals surface area contributed by atoms with Gasteiger partial charge in [-0.2, -0.15) is 0 Å². The van der Waals surface area contributed by atoms with E-state index in [-0.39, 0.29) is 30.8 Å². The van der Waals surface area contributed by atoms with E-state index in [0.717, 1.165) is 18.5 Å². The molecule has 180 valence electrons. The normalized spacial score (nSPS) is 26.8. The third-order valence-electron chi connectivity index (χ3n) is 6.98. The molecule has 2 aliphatic carbocycles. The largest absolute Gasteiger partial charge is 0.507 e. The molecule has 0 aliphatic heterocycles. The summed E-state index contributed by atoms with van der Waals surface area (Å²) in [6.45, 7) is 0.477. The Morgan fingerprint density at radius 1 is 1.24 bits per heavy atom. The zero-order valence-corrected chi connectivity index (χ0v) is 19.0. The standard InChI is InChI=1S/C24H32N2O7/c1-26(2)8-3-4-13-5-6-17(28)21-16(13)11-14-10-15(7-9-27)24(33,18(29)12-19(25)30)23(32)20(14)22(21)31/h5-6,14-15,20,27-28,33H,3-4,7-12H2,1-2H3,(H2,25,30)/t14-,15-,20?,24-/m1/s1. The van der Waals surface area contributed by atoms with Gasteiger partial charge >= 0.3 is 0 Å². The van der Waals surface area contributed by atoms with Crippen LogP contribution in [-0.2, 0) is 27.2 Å². The van der Waals surface area contributed by atoms with E-state index in [2.05, 4.69) is 4.90 Å². The average Bonchev–Trinajstić information content (AvgIpc) is 2.72. The Hall–Kier alpha value is -2.62. The molecule has 1 unspecified atom stereocenters. The molecule has 1 saturated carbocycles. The SMILES string of the molecule is CN(C)CCCc1ccc(O)c2c1C[C@H]1C[C@@H](CCO)[C@@](O)(C(=O)CC(N)=O)C(=O)C1C2=O. The first-order valence-electron chi connectivity index (χ1n) is 11.2. The first-order valence-corrected chi connectivity index (χ1v) is 11.2. The number of carbonyl (C=O) groups is 4. The Kier molecular flexibility index (Phi) is 7.36. The number of aromatic hydroxyl groups is 1. The van der Waals surface area contributed by atoms with Crippen molar-refractivity contribution in [3.05, 3.63) is 28.8 Å². The minimum atomic E-state index is -2.58. The second kappa shape index (κ2) is 9.70. The molecule has 0 aromatic heterocycles. The van der Waals surface area contributed by atoms with Gasteiger partial charge in [-0.05, 0) is 75.9 Å². The zero-order chi connectivity index (χ0) is 24.5. The Labute approximate surface area is 192 Å². The highest BCUT2D eigenvalue weighted by Gasteiger charge is 2.60. The lowest BCUT2D eigenvalue weighted by Gasteiger charge is -2.46. The summed E-state index contributed by atoms with van der Waals surface area (Å²) in [6, 6.07) is 3.23. The number of phenols is 1. The van der Waals surface area contributed by atoms with Crippen LogP contribution in [0.5, 0.6) is 5.75 Å². The van der Waals surface area contributed by atoms with Gasteiger partial charge in [0.05, 0.1) is 17.9 Å². The highest BCUT2D eigenvalue weighted by atomic mass is 16.3. The van der Waals surface area contributed by atoms with Crippen LogP contribution in [-0.4, -0.2) is 76.3 Å². The molecule has 0 saturated heterocycles. The first kappa shape index (κ1) is 25.0. The summed E-state index contributed by atoms with van der Waals surface area (Å²) in [4.78, 5) is 53.0. The van der Waals surface area contributed by atoms with E-state index in [1.54, 1.807) is 6.07 Å². The van der Waals surface area contributed by atoms with Crippen LogP contribution in [0.25, 0.3) is 0 Å². The molecule has 5 N–H and O–H groups in total. The number of phenolic OH excluding ortho intramolecular Hbond substituents is 1. The summed E-state index contributed by atoms with van der Waals surface area (Å²) in [5.41, 5.74) is 4.22. The number of benzene rings is 1. The van der Waals surface area contributed by atoms with Crippen LogP contribution in [0.2, 0.25) is 0 Å². The van der Waals surface area contributed by atoms with E-state index in [0.29, 0.717) is 18.4 Å². The molecule has 1 aromatic rings. The van der Waals surface area contributed by atoms with Crippen molar-refractivity contribution < 1.29 is 34.5 Å². The molecule has 4 atom stereocenters. The number of primary amides is 1. The maximum atomic E-state index is 13.5. The number of rotatable bonds is 9. The lowest BCUT2D eigenvalue weighted by Crippen LogP contribution is -2.63. The van der Waals surface area contributed by atoms with Crippen molar-refractivity contribution in [2.75, 3.05) is 27.2 Å². The average molecular weight is 461 g/mol. The highest BCUT2D eigenvalue weighted by Crippen LogP contribution is 2.48. The van der Waals surface area contributed by atoms with E-state index >= 15 is 0 Å². The van der Waals surface area contributed by atoms with Gasteiger partial charge in [-0.3, -0.25) is 19.2 Å². The molecule has 9 heteroatoms. The number of aliphatic hydroxyl groups excluding tert-OH is 1. The zero-order valence-electron chi connectivity index (χ0n) is 19.0. The second-order valence-corrected chi connectivity index (χ2v) is 9.45. The van der Waals surface area contributed by atoms with Gasteiger partial charge in [0.1, 0.15) is 5.75 Å². The van der Waals surface area contributed by atoms with E-state index in [1.165, 1.54) is 6.07 Å². The quantitative estimate of drug-likeness (QED) is 0.375. The van der Waals surface area contributed by atoms with Crippen molar-refractivity contribution in [2.24, 2.45) is 23.5 Å². The molecule has 3 rings (SSSR count). The molecule has 0 heterocycles. The van der Waals surface area contributed by atoms with Gasteiger partial charge in [0, 0.05) is 12.5 Å². The number of hydrogen-bond acceptors (Lipinski definition) is 8. The van der Waals surface area contributed by atoms with Gasteiger partial charge in [-0.25, -0.2) is 0 Å². The van der Waals surface area contributed by atoms with E-state index in [9.17, 15) is 34.5 Å². The summed E-state index contributed by atoms with van der Waals surface area (Å²) in [7, 11) is 3.94. The number of carbonyl (C=O) groups excluding carboxylic acids is 4. The fourth-order valence-corrected chi connectivity index (χ4v) is 5.42. The Morgan fingerprint density at radius 3 is 2.55 bits per heavy atom.